The van der Waals surface area contributed by atoms with E-state index < -0.39 is 0 Å². The van der Waals surface area contributed by atoms with Gasteiger partial charge in [-0.25, -0.2) is 4.98 Å². The van der Waals surface area contributed by atoms with E-state index in [4.69, 9.17) is 9.72 Å². The van der Waals surface area contributed by atoms with E-state index in [0.717, 1.165) is 58.3 Å². The molecule has 4 rings (SSSR count). The molecule has 2 N–H and O–H groups in total. The average molecular weight is 430 g/mol. The fourth-order valence-electron chi connectivity index (χ4n) is 4.14. The van der Waals surface area contributed by atoms with Gasteiger partial charge in [-0.1, -0.05) is 30.3 Å². The number of hydrogen-bond donors (Lipinski definition) is 2. The predicted octanol–water partition coefficient (Wildman–Crippen LogP) is 3.99. The monoisotopic (exact) mass is 429 g/mol. The zero-order valence-corrected chi connectivity index (χ0v) is 18.4. The van der Waals surface area contributed by atoms with Crippen LogP contribution in [0.1, 0.15) is 46.9 Å². The number of nitrogens with one attached hydrogen (secondary N) is 2. The summed E-state index contributed by atoms with van der Waals surface area (Å²) in [5.74, 6) is 0.578. The van der Waals surface area contributed by atoms with E-state index in [9.17, 15) is 9.59 Å². The van der Waals surface area contributed by atoms with Gasteiger partial charge in [-0.2, -0.15) is 0 Å². The van der Waals surface area contributed by atoms with Crippen LogP contribution in [0.15, 0.2) is 48.5 Å². The van der Waals surface area contributed by atoms with Gasteiger partial charge >= 0.3 is 0 Å². The number of hydrogen-bond acceptors (Lipinski definition) is 4. The summed E-state index contributed by atoms with van der Waals surface area (Å²) in [6.45, 7) is 2.23. The Kier molecular flexibility index (Phi) is 6.50. The summed E-state index contributed by atoms with van der Waals surface area (Å²) < 4.78 is 5.26. The fourth-order valence-corrected chi connectivity index (χ4v) is 4.14. The van der Waals surface area contributed by atoms with E-state index in [1.807, 2.05) is 48.5 Å². The summed E-state index contributed by atoms with van der Waals surface area (Å²) >= 11 is 0. The number of carbonyl (C=O) groups is 2. The molecule has 3 aromatic rings. The van der Waals surface area contributed by atoms with Crippen LogP contribution in [0.4, 0.5) is 0 Å². The van der Waals surface area contributed by atoms with Crippen molar-refractivity contribution < 1.29 is 14.3 Å². The van der Waals surface area contributed by atoms with E-state index in [1.165, 1.54) is 6.92 Å². The summed E-state index contributed by atoms with van der Waals surface area (Å²) in [4.78, 5) is 29.3. The SMILES string of the molecule is COc1ccc(/C=C2/CCCc3c2nc2ccccc2c3C(=O)NCCNC(C)=O)cc1. The molecule has 6 nitrogen and oxygen atoms in total. The van der Waals surface area contributed by atoms with E-state index in [2.05, 4.69) is 16.7 Å². The maximum absolute atomic E-state index is 13.2. The first-order valence-electron chi connectivity index (χ1n) is 10.9. The molecular weight excluding hydrogens is 402 g/mol. The van der Waals surface area contributed by atoms with Gasteiger partial charge in [-0.15, -0.1) is 0 Å². The van der Waals surface area contributed by atoms with Crippen molar-refractivity contribution in [1.82, 2.24) is 15.6 Å². The molecule has 32 heavy (non-hydrogen) atoms. The summed E-state index contributed by atoms with van der Waals surface area (Å²) in [5.41, 5.74) is 5.60. The van der Waals surface area contributed by atoms with Crippen LogP contribution in [0.2, 0.25) is 0 Å². The van der Waals surface area contributed by atoms with Gasteiger partial charge in [-0.3, -0.25) is 9.59 Å². The molecule has 0 unspecified atom stereocenters. The van der Waals surface area contributed by atoms with Crippen LogP contribution in [-0.2, 0) is 11.2 Å². The average Bonchev–Trinajstić information content (AvgIpc) is 2.81. The number of methoxy groups -OCH3 is 1. The number of pyridine rings is 1. The number of para-hydroxylation sites is 1. The summed E-state index contributed by atoms with van der Waals surface area (Å²) in [6, 6.07) is 15.7. The number of carbonyl (C=O) groups excluding carboxylic acids is 2. The third-order valence-electron chi connectivity index (χ3n) is 5.64. The molecule has 0 atom stereocenters. The molecule has 0 bridgehead atoms. The summed E-state index contributed by atoms with van der Waals surface area (Å²) in [6.07, 6.45) is 4.83. The van der Waals surface area contributed by atoms with Crippen molar-refractivity contribution in [1.29, 1.82) is 0 Å². The Balaban J connectivity index is 1.73. The smallest absolute Gasteiger partial charge is 0.252 e. The molecule has 1 aliphatic rings. The van der Waals surface area contributed by atoms with Gasteiger partial charge in [0.05, 0.1) is 23.9 Å². The first-order chi connectivity index (χ1) is 15.6. The minimum atomic E-state index is -0.129. The third kappa shape index (κ3) is 4.64. The molecule has 0 saturated carbocycles. The molecule has 1 aliphatic carbocycles. The Hall–Kier alpha value is -3.67. The maximum atomic E-state index is 13.2. The van der Waals surface area contributed by atoms with Crippen molar-refractivity contribution in [2.75, 3.05) is 20.2 Å². The van der Waals surface area contributed by atoms with Crippen LogP contribution in [0.3, 0.4) is 0 Å². The van der Waals surface area contributed by atoms with Gasteiger partial charge < -0.3 is 15.4 Å². The van der Waals surface area contributed by atoms with Crippen LogP contribution < -0.4 is 15.4 Å². The second kappa shape index (κ2) is 9.64. The number of ether oxygens (including phenoxy) is 1. The van der Waals surface area contributed by atoms with Crippen molar-refractivity contribution in [3.05, 3.63) is 70.9 Å². The molecule has 0 radical (unpaired) electrons. The molecule has 164 valence electrons. The fraction of sp³-hybridized carbons (Fsp3) is 0.269. The molecule has 2 aromatic carbocycles. The molecule has 0 fully saturated rings. The standard InChI is InChI=1S/C26H27N3O3/c1-17(30)27-14-15-28-26(31)24-21-7-3-4-9-23(21)29-25-19(6-5-8-22(24)25)16-18-10-12-20(32-2)13-11-18/h3-4,7,9-13,16H,5-6,8,14-15H2,1-2H3,(H,27,30)(H,28,31)/b19-16-. The Bertz CT molecular complexity index is 1180. The lowest BCUT2D eigenvalue weighted by Crippen LogP contribution is -2.34. The van der Waals surface area contributed by atoms with Crippen molar-refractivity contribution in [3.8, 4) is 5.75 Å². The number of allylic oxidation sites excluding steroid dienone is 1. The Morgan fingerprint density at radius 1 is 1.03 bits per heavy atom. The van der Waals surface area contributed by atoms with Gasteiger partial charge in [0.1, 0.15) is 5.75 Å². The van der Waals surface area contributed by atoms with Gasteiger partial charge in [-0.05, 0) is 60.2 Å². The lowest BCUT2D eigenvalue weighted by molar-refractivity contribution is -0.118. The highest BCUT2D eigenvalue weighted by Crippen LogP contribution is 2.36. The van der Waals surface area contributed by atoms with E-state index in [1.54, 1.807) is 7.11 Å². The van der Waals surface area contributed by atoms with E-state index in [-0.39, 0.29) is 11.8 Å². The van der Waals surface area contributed by atoms with Gasteiger partial charge in [0.15, 0.2) is 0 Å². The van der Waals surface area contributed by atoms with E-state index >= 15 is 0 Å². The van der Waals surface area contributed by atoms with Crippen molar-refractivity contribution in [2.24, 2.45) is 0 Å². The maximum Gasteiger partial charge on any atom is 0.252 e. The van der Waals surface area contributed by atoms with Crippen LogP contribution in [0.5, 0.6) is 5.75 Å². The van der Waals surface area contributed by atoms with Crippen LogP contribution in [0.25, 0.3) is 22.6 Å². The number of nitrogens with zero attached hydrogens (tertiary/aromatic N) is 1. The van der Waals surface area contributed by atoms with Crippen LogP contribution in [0, 0.1) is 0 Å². The molecule has 0 saturated heterocycles. The molecule has 6 heteroatoms. The Morgan fingerprint density at radius 3 is 2.53 bits per heavy atom. The molecule has 1 aromatic heterocycles. The van der Waals surface area contributed by atoms with Crippen LogP contribution >= 0.6 is 0 Å². The minimum absolute atomic E-state index is 0.112. The van der Waals surface area contributed by atoms with Crippen molar-refractivity contribution in [3.63, 3.8) is 0 Å². The third-order valence-corrected chi connectivity index (χ3v) is 5.64. The lowest BCUT2D eigenvalue weighted by Gasteiger charge is -2.23. The topological polar surface area (TPSA) is 80.3 Å². The quantitative estimate of drug-likeness (QED) is 0.581. The molecule has 2 amide bonds. The largest absolute Gasteiger partial charge is 0.497 e. The first-order valence-corrected chi connectivity index (χ1v) is 10.9. The lowest BCUT2D eigenvalue weighted by atomic mass is 9.85. The Morgan fingerprint density at radius 2 is 1.78 bits per heavy atom. The highest BCUT2D eigenvalue weighted by Gasteiger charge is 2.25. The molecular formula is C26H27N3O3. The minimum Gasteiger partial charge on any atom is -0.497 e. The number of benzene rings is 2. The number of rotatable bonds is 6. The Labute approximate surface area is 187 Å². The number of aromatic nitrogens is 1. The summed E-state index contributed by atoms with van der Waals surface area (Å²) in [5, 5.41) is 6.52. The van der Waals surface area contributed by atoms with Crippen molar-refractivity contribution >= 4 is 34.4 Å². The van der Waals surface area contributed by atoms with Gasteiger partial charge in [0.2, 0.25) is 5.91 Å². The molecule has 1 heterocycles. The first kappa shape index (κ1) is 21.6. The highest BCUT2D eigenvalue weighted by molar-refractivity contribution is 6.09. The van der Waals surface area contributed by atoms with E-state index in [0.29, 0.717) is 18.7 Å². The summed E-state index contributed by atoms with van der Waals surface area (Å²) in [7, 11) is 1.66. The highest BCUT2D eigenvalue weighted by atomic mass is 16.5. The van der Waals surface area contributed by atoms with Crippen LogP contribution in [-0.4, -0.2) is 37.0 Å². The molecule has 0 aliphatic heterocycles. The van der Waals surface area contributed by atoms with Gasteiger partial charge in [0, 0.05) is 25.4 Å². The second-order valence-corrected chi connectivity index (χ2v) is 7.87. The second-order valence-electron chi connectivity index (χ2n) is 7.87. The van der Waals surface area contributed by atoms with Crippen molar-refractivity contribution in [2.45, 2.75) is 26.2 Å². The normalized spacial score (nSPS) is 14.1. The zero-order valence-electron chi connectivity index (χ0n) is 18.4. The number of amides is 2. The zero-order chi connectivity index (χ0) is 22.5. The molecule has 0 spiro atoms. The number of fused-ring (bicyclic) bond motifs is 2. The predicted molar refractivity (Wildman–Crippen MR) is 127 cm³/mol. The van der Waals surface area contributed by atoms with Gasteiger partial charge in [0.25, 0.3) is 5.91 Å².